The van der Waals surface area contributed by atoms with Crippen molar-refractivity contribution in [1.82, 2.24) is 19.5 Å². The van der Waals surface area contributed by atoms with Crippen LogP contribution in [-0.2, 0) is 6.54 Å². The molecule has 2 aromatic heterocycles. The van der Waals surface area contributed by atoms with Crippen LogP contribution in [0.25, 0.3) is 22.5 Å². The summed E-state index contributed by atoms with van der Waals surface area (Å²) in [6.45, 7) is 1.59. The molecule has 0 saturated carbocycles. The standard InChI is InChI=1S/C21H19N5/c1-3-7-17(8-4-1)20-21(18-13-22-15-23-14-18)26(16-25-20)12-11-24-19-9-5-2-6-10-19/h1-10,13-16,24H,11-12H2. The average Bonchev–Trinajstić information content (AvgIpc) is 3.14. The second-order valence-electron chi connectivity index (χ2n) is 5.92. The molecule has 0 saturated heterocycles. The normalized spacial score (nSPS) is 10.6. The molecule has 26 heavy (non-hydrogen) atoms. The Bertz CT molecular complexity index is 950. The topological polar surface area (TPSA) is 55.6 Å². The van der Waals surface area contributed by atoms with Gasteiger partial charge in [-0.2, -0.15) is 0 Å². The van der Waals surface area contributed by atoms with Gasteiger partial charge in [0.05, 0.1) is 17.7 Å². The Morgan fingerprint density at radius 3 is 2.23 bits per heavy atom. The number of para-hydroxylation sites is 1. The predicted molar refractivity (Wildman–Crippen MR) is 104 cm³/mol. The molecule has 0 fully saturated rings. The van der Waals surface area contributed by atoms with E-state index in [-0.39, 0.29) is 0 Å². The van der Waals surface area contributed by atoms with Crippen molar-refractivity contribution in [2.45, 2.75) is 6.54 Å². The van der Waals surface area contributed by atoms with Crippen LogP contribution in [0.2, 0.25) is 0 Å². The van der Waals surface area contributed by atoms with Crippen molar-refractivity contribution in [3.63, 3.8) is 0 Å². The summed E-state index contributed by atoms with van der Waals surface area (Å²) in [6.07, 6.45) is 7.09. The van der Waals surface area contributed by atoms with Crippen molar-refractivity contribution in [2.75, 3.05) is 11.9 Å². The largest absolute Gasteiger partial charge is 0.383 e. The van der Waals surface area contributed by atoms with Gasteiger partial charge in [0.25, 0.3) is 0 Å². The Hall–Kier alpha value is -3.47. The quantitative estimate of drug-likeness (QED) is 0.573. The SMILES string of the molecule is c1ccc(NCCn2cnc(-c3ccccc3)c2-c2cncnc2)cc1. The number of nitrogens with zero attached hydrogens (tertiary/aromatic N) is 4. The molecule has 0 spiro atoms. The number of benzene rings is 2. The molecule has 0 radical (unpaired) electrons. The molecule has 0 amide bonds. The molecule has 1 N–H and O–H groups in total. The summed E-state index contributed by atoms with van der Waals surface area (Å²) in [6, 6.07) is 20.4. The van der Waals surface area contributed by atoms with Gasteiger partial charge in [0.15, 0.2) is 0 Å². The van der Waals surface area contributed by atoms with E-state index < -0.39 is 0 Å². The van der Waals surface area contributed by atoms with Crippen LogP contribution in [-0.4, -0.2) is 26.1 Å². The minimum atomic E-state index is 0.791. The third-order valence-corrected chi connectivity index (χ3v) is 4.17. The zero-order valence-corrected chi connectivity index (χ0v) is 14.3. The summed E-state index contributed by atoms with van der Waals surface area (Å²) in [7, 11) is 0. The highest BCUT2D eigenvalue weighted by atomic mass is 15.1. The Balaban J connectivity index is 1.63. The summed E-state index contributed by atoms with van der Waals surface area (Å²) in [5, 5.41) is 3.44. The van der Waals surface area contributed by atoms with Crippen molar-refractivity contribution < 1.29 is 0 Å². The lowest BCUT2D eigenvalue weighted by Crippen LogP contribution is -2.11. The first-order valence-corrected chi connectivity index (χ1v) is 8.56. The van der Waals surface area contributed by atoms with Gasteiger partial charge >= 0.3 is 0 Å². The molecule has 0 aliphatic carbocycles. The molecule has 4 aromatic rings. The first kappa shape index (κ1) is 16.0. The summed E-state index contributed by atoms with van der Waals surface area (Å²) in [5.74, 6) is 0. The van der Waals surface area contributed by atoms with Gasteiger partial charge in [-0.05, 0) is 12.1 Å². The fourth-order valence-corrected chi connectivity index (χ4v) is 2.96. The van der Waals surface area contributed by atoms with Crippen molar-refractivity contribution in [3.8, 4) is 22.5 Å². The second kappa shape index (κ2) is 7.61. The molecule has 0 atom stereocenters. The molecule has 0 aliphatic heterocycles. The van der Waals surface area contributed by atoms with Crippen LogP contribution in [0.5, 0.6) is 0 Å². The second-order valence-corrected chi connectivity index (χ2v) is 5.92. The number of rotatable bonds is 6. The van der Waals surface area contributed by atoms with Crippen molar-refractivity contribution in [2.24, 2.45) is 0 Å². The smallest absolute Gasteiger partial charge is 0.115 e. The molecule has 5 heteroatoms. The third-order valence-electron chi connectivity index (χ3n) is 4.17. The van der Waals surface area contributed by atoms with Crippen LogP contribution in [0.3, 0.4) is 0 Å². The van der Waals surface area contributed by atoms with Gasteiger partial charge in [0, 0.05) is 42.3 Å². The van der Waals surface area contributed by atoms with Crippen LogP contribution >= 0.6 is 0 Å². The van der Waals surface area contributed by atoms with Crippen molar-refractivity contribution in [3.05, 3.63) is 85.7 Å². The van der Waals surface area contributed by atoms with Gasteiger partial charge in [-0.25, -0.2) is 15.0 Å². The van der Waals surface area contributed by atoms with Gasteiger partial charge in [-0.3, -0.25) is 0 Å². The van der Waals surface area contributed by atoms with Crippen molar-refractivity contribution in [1.29, 1.82) is 0 Å². The predicted octanol–water partition coefficient (Wildman–Crippen LogP) is 4.12. The van der Waals surface area contributed by atoms with E-state index >= 15 is 0 Å². The maximum Gasteiger partial charge on any atom is 0.115 e. The summed E-state index contributed by atoms with van der Waals surface area (Å²) in [5.41, 5.74) is 5.14. The van der Waals surface area contributed by atoms with Gasteiger partial charge in [0.2, 0.25) is 0 Å². The Labute approximate surface area is 152 Å². The number of aromatic nitrogens is 4. The van der Waals surface area contributed by atoms with Gasteiger partial charge < -0.3 is 9.88 Å². The maximum absolute atomic E-state index is 4.67. The molecular weight excluding hydrogens is 322 g/mol. The van der Waals surface area contributed by atoms with E-state index in [1.165, 1.54) is 0 Å². The van der Waals surface area contributed by atoms with E-state index in [9.17, 15) is 0 Å². The summed E-state index contributed by atoms with van der Waals surface area (Å²) in [4.78, 5) is 13.0. The van der Waals surface area contributed by atoms with E-state index in [1.807, 2.05) is 55.1 Å². The van der Waals surface area contributed by atoms with E-state index in [0.717, 1.165) is 41.3 Å². The first-order chi connectivity index (χ1) is 12.9. The number of anilines is 1. The summed E-state index contributed by atoms with van der Waals surface area (Å²) < 4.78 is 2.15. The fourth-order valence-electron chi connectivity index (χ4n) is 2.96. The molecule has 0 aliphatic rings. The molecule has 2 heterocycles. The number of hydrogen-bond acceptors (Lipinski definition) is 4. The zero-order chi connectivity index (χ0) is 17.6. The highest BCUT2D eigenvalue weighted by Crippen LogP contribution is 2.30. The summed E-state index contributed by atoms with van der Waals surface area (Å²) >= 11 is 0. The fraction of sp³-hybridized carbons (Fsp3) is 0.0952. The molecule has 0 unspecified atom stereocenters. The molecule has 4 rings (SSSR count). The first-order valence-electron chi connectivity index (χ1n) is 8.56. The highest BCUT2D eigenvalue weighted by molar-refractivity contribution is 5.77. The highest BCUT2D eigenvalue weighted by Gasteiger charge is 2.15. The van der Waals surface area contributed by atoms with Gasteiger partial charge in [-0.1, -0.05) is 48.5 Å². The number of hydrogen-bond donors (Lipinski definition) is 1. The van der Waals surface area contributed by atoms with Gasteiger partial charge in [0.1, 0.15) is 6.33 Å². The van der Waals surface area contributed by atoms with Crippen LogP contribution in [0.1, 0.15) is 0 Å². The monoisotopic (exact) mass is 341 g/mol. The zero-order valence-electron chi connectivity index (χ0n) is 14.3. The average molecular weight is 341 g/mol. The van der Waals surface area contributed by atoms with E-state index in [4.69, 9.17) is 0 Å². The van der Waals surface area contributed by atoms with E-state index in [1.54, 1.807) is 6.33 Å². The van der Waals surface area contributed by atoms with Crippen molar-refractivity contribution >= 4 is 5.69 Å². The molecule has 0 bridgehead atoms. The molecule has 5 nitrogen and oxygen atoms in total. The minimum absolute atomic E-state index is 0.791. The van der Waals surface area contributed by atoms with E-state index in [0.29, 0.717) is 0 Å². The van der Waals surface area contributed by atoms with Gasteiger partial charge in [-0.15, -0.1) is 0 Å². The Morgan fingerprint density at radius 2 is 1.50 bits per heavy atom. The van der Waals surface area contributed by atoms with Crippen LogP contribution < -0.4 is 5.32 Å². The third kappa shape index (κ3) is 3.47. The minimum Gasteiger partial charge on any atom is -0.383 e. The Morgan fingerprint density at radius 1 is 0.808 bits per heavy atom. The molecule has 2 aromatic carbocycles. The lowest BCUT2D eigenvalue weighted by atomic mass is 10.1. The van der Waals surface area contributed by atoms with Crippen LogP contribution in [0.15, 0.2) is 85.7 Å². The lowest BCUT2D eigenvalue weighted by Gasteiger charge is -2.11. The van der Waals surface area contributed by atoms with E-state index in [2.05, 4.69) is 49.1 Å². The Kier molecular flexibility index (Phi) is 4.69. The number of nitrogens with one attached hydrogen (secondary N) is 1. The number of imidazole rings is 1. The lowest BCUT2D eigenvalue weighted by molar-refractivity contribution is 0.733. The maximum atomic E-state index is 4.67. The molecular formula is C21H19N5. The van der Waals surface area contributed by atoms with Crippen LogP contribution in [0.4, 0.5) is 5.69 Å². The molecule has 128 valence electrons. The van der Waals surface area contributed by atoms with Crippen LogP contribution in [0, 0.1) is 0 Å².